The fraction of sp³-hybridized carbons (Fsp3) is 0.756. The SMILES string of the molecule is CC1(C)CC[C@]2(C(=O)O)CC[C@]3(C)C(=CCC4[C@@]5(C)C[C@H](OC(=O)c6ccc(C(C)(C)C)cc6)CC(C)(C)C5CC[C@]43C)C2C1. The number of fused-ring (bicyclic) bond motifs is 7. The predicted octanol–water partition coefficient (Wildman–Crippen LogP) is 10.4. The molecule has 0 saturated heterocycles. The van der Waals surface area contributed by atoms with Gasteiger partial charge in [-0.3, -0.25) is 4.79 Å². The Morgan fingerprint density at radius 1 is 0.822 bits per heavy atom. The van der Waals surface area contributed by atoms with Crippen molar-refractivity contribution in [2.45, 2.75) is 145 Å². The van der Waals surface area contributed by atoms with Gasteiger partial charge in [0.25, 0.3) is 0 Å². The maximum atomic E-state index is 13.5. The van der Waals surface area contributed by atoms with Crippen LogP contribution >= 0.6 is 0 Å². The standard InChI is InChI=1S/C41H60O4/c1-35(2,3)27-13-11-26(12-14-27)33(42)45-28-23-37(6,7)31-17-18-40(10)32(38(31,8)24-28)16-15-29-30-25-36(4,5)19-21-41(30,34(43)44)22-20-39(29,40)9/h11-15,28,30-32H,16-25H2,1-10H3,(H,43,44)/t28-,30?,31?,32?,38+,39-,40-,41+/m1/s1. The van der Waals surface area contributed by atoms with Gasteiger partial charge in [0.2, 0.25) is 0 Å². The molecule has 1 N–H and O–H groups in total. The molecule has 0 aliphatic heterocycles. The van der Waals surface area contributed by atoms with Crippen LogP contribution in [0.25, 0.3) is 0 Å². The van der Waals surface area contributed by atoms with E-state index in [4.69, 9.17) is 4.74 Å². The zero-order valence-electron chi connectivity index (χ0n) is 29.9. The molecular weight excluding hydrogens is 556 g/mol. The first kappa shape index (κ1) is 32.8. The second-order valence-electron chi connectivity index (χ2n) is 19.4. The van der Waals surface area contributed by atoms with Crippen LogP contribution in [-0.2, 0) is 14.9 Å². The molecule has 0 aromatic heterocycles. The fourth-order valence-electron chi connectivity index (χ4n) is 12.3. The lowest BCUT2D eigenvalue weighted by Gasteiger charge is -2.71. The topological polar surface area (TPSA) is 63.6 Å². The number of carbonyl (C=O) groups is 2. The molecule has 6 rings (SSSR count). The monoisotopic (exact) mass is 616 g/mol. The molecule has 4 nitrogen and oxygen atoms in total. The predicted molar refractivity (Wildman–Crippen MR) is 181 cm³/mol. The van der Waals surface area contributed by atoms with Crippen molar-refractivity contribution in [2.24, 2.45) is 50.2 Å². The third kappa shape index (κ3) is 4.88. The summed E-state index contributed by atoms with van der Waals surface area (Å²) in [5.41, 5.74) is 3.10. The Bertz CT molecular complexity index is 1390. The van der Waals surface area contributed by atoms with Gasteiger partial charge in [0.1, 0.15) is 6.10 Å². The molecule has 0 radical (unpaired) electrons. The Kier molecular flexibility index (Phi) is 7.44. The molecule has 0 bridgehead atoms. The third-order valence-electron chi connectivity index (χ3n) is 15.0. The summed E-state index contributed by atoms with van der Waals surface area (Å²) in [7, 11) is 0. The van der Waals surface area contributed by atoms with Crippen LogP contribution < -0.4 is 0 Å². The number of benzene rings is 1. The summed E-state index contributed by atoms with van der Waals surface area (Å²) in [6.45, 7) is 23.7. The van der Waals surface area contributed by atoms with Crippen LogP contribution in [0, 0.1) is 50.2 Å². The number of carbonyl (C=O) groups excluding carboxylic acids is 1. The van der Waals surface area contributed by atoms with E-state index in [1.54, 1.807) is 0 Å². The number of hydrogen-bond donors (Lipinski definition) is 1. The van der Waals surface area contributed by atoms with Crippen molar-refractivity contribution in [2.75, 3.05) is 0 Å². The average Bonchev–Trinajstić information content (AvgIpc) is 2.91. The Morgan fingerprint density at radius 2 is 1.47 bits per heavy atom. The van der Waals surface area contributed by atoms with E-state index in [0.29, 0.717) is 17.4 Å². The maximum Gasteiger partial charge on any atom is 0.338 e. The van der Waals surface area contributed by atoms with Gasteiger partial charge < -0.3 is 9.84 Å². The molecule has 0 heterocycles. The second-order valence-corrected chi connectivity index (χ2v) is 19.4. The summed E-state index contributed by atoms with van der Waals surface area (Å²) in [5.74, 6) is 0.394. The summed E-state index contributed by atoms with van der Waals surface area (Å²) in [6.07, 6.45) is 12.1. The van der Waals surface area contributed by atoms with Gasteiger partial charge >= 0.3 is 11.9 Å². The van der Waals surface area contributed by atoms with E-state index in [-0.39, 0.29) is 50.5 Å². The van der Waals surface area contributed by atoms with Crippen molar-refractivity contribution in [1.29, 1.82) is 0 Å². The van der Waals surface area contributed by atoms with Gasteiger partial charge in [0.05, 0.1) is 11.0 Å². The summed E-state index contributed by atoms with van der Waals surface area (Å²) < 4.78 is 6.41. The highest BCUT2D eigenvalue weighted by Crippen LogP contribution is 2.75. The van der Waals surface area contributed by atoms with Crippen LogP contribution in [0.5, 0.6) is 0 Å². The molecular formula is C41H60O4. The largest absolute Gasteiger partial charge is 0.481 e. The van der Waals surface area contributed by atoms with Gasteiger partial charge in [-0.2, -0.15) is 0 Å². The van der Waals surface area contributed by atoms with Crippen molar-refractivity contribution in [3.8, 4) is 0 Å². The van der Waals surface area contributed by atoms with E-state index in [0.717, 1.165) is 51.4 Å². The minimum atomic E-state index is -0.609. The van der Waals surface area contributed by atoms with E-state index >= 15 is 0 Å². The van der Waals surface area contributed by atoms with Crippen LogP contribution in [0.2, 0.25) is 0 Å². The lowest BCUT2D eigenvalue weighted by atomic mass is 9.33. The average molecular weight is 617 g/mol. The molecule has 5 aliphatic rings. The molecule has 4 fully saturated rings. The third-order valence-corrected chi connectivity index (χ3v) is 15.0. The molecule has 4 saturated carbocycles. The number of hydrogen-bond acceptors (Lipinski definition) is 3. The van der Waals surface area contributed by atoms with E-state index in [1.807, 2.05) is 12.1 Å². The summed E-state index contributed by atoms with van der Waals surface area (Å²) in [5, 5.41) is 10.7. The van der Waals surface area contributed by atoms with Gasteiger partial charge in [0.15, 0.2) is 0 Å². The zero-order valence-corrected chi connectivity index (χ0v) is 29.9. The van der Waals surface area contributed by atoms with Crippen LogP contribution in [0.3, 0.4) is 0 Å². The molecule has 5 aliphatic carbocycles. The quantitative estimate of drug-likeness (QED) is 0.271. The Balaban J connectivity index is 1.32. The smallest absolute Gasteiger partial charge is 0.338 e. The van der Waals surface area contributed by atoms with Crippen molar-refractivity contribution >= 4 is 11.9 Å². The van der Waals surface area contributed by atoms with Gasteiger partial charge in [0, 0.05) is 0 Å². The molecule has 0 spiro atoms. The Morgan fingerprint density at radius 3 is 2.09 bits per heavy atom. The number of esters is 1. The van der Waals surface area contributed by atoms with Crippen molar-refractivity contribution in [3.05, 3.63) is 47.0 Å². The highest BCUT2D eigenvalue weighted by molar-refractivity contribution is 5.89. The zero-order chi connectivity index (χ0) is 33.0. The Labute approximate surface area is 273 Å². The van der Waals surface area contributed by atoms with Gasteiger partial charge in [-0.1, -0.05) is 93.0 Å². The first-order valence-corrected chi connectivity index (χ1v) is 17.9. The van der Waals surface area contributed by atoms with E-state index in [9.17, 15) is 14.7 Å². The minimum Gasteiger partial charge on any atom is -0.481 e. The van der Waals surface area contributed by atoms with Crippen molar-refractivity contribution in [1.82, 2.24) is 0 Å². The maximum absolute atomic E-state index is 13.5. The first-order valence-electron chi connectivity index (χ1n) is 17.9. The van der Waals surface area contributed by atoms with Crippen molar-refractivity contribution in [3.63, 3.8) is 0 Å². The lowest BCUT2D eigenvalue weighted by molar-refractivity contribution is -0.201. The molecule has 3 unspecified atom stereocenters. The molecule has 0 amide bonds. The van der Waals surface area contributed by atoms with Gasteiger partial charge in [-0.05, 0) is 132 Å². The normalized spacial score (nSPS) is 41.8. The molecule has 4 heteroatoms. The number of carboxylic acids is 1. The van der Waals surface area contributed by atoms with Crippen LogP contribution in [0.4, 0.5) is 0 Å². The number of carboxylic acid groups (broad SMARTS) is 1. The molecule has 1 aromatic carbocycles. The molecule has 248 valence electrons. The Hall–Kier alpha value is -2.10. The molecule has 45 heavy (non-hydrogen) atoms. The van der Waals surface area contributed by atoms with Crippen LogP contribution in [-0.4, -0.2) is 23.1 Å². The number of ether oxygens (including phenoxy) is 1. The van der Waals surface area contributed by atoms with E-state index in [2.05, 4.69) is 87.4 Å². The first-order chi connectivity index (χ1) is 20.7. The van der Waals surface area contributed by atoms with Crippen LogP contribution in [0.15, 0.2) is 35.9 Å². The minimum absolute atomic E-state index is 0.0104. The summed E-state index contributed by atoms with van der Waals surface area (Å²) >= 11 is 0. The highest BCUT2D eigenvalue weighted by atomic mass is 16.5. The summed E-state index contributed by atoms with van der Waals surface area (Å²) in [6, 6.07) is 7.99. The van der Waals surface area contributed by atoms with E-state index in [1.165, 1.54) is 24.0 Å². The van der Waals surface area contributed by atoms with Crippen LogP contribution in [0.1, 0.15) is 149 Å². The number of allylic oxidation sites excluding steroid dienone is 2. The second kappa shape index (κ2) is 10.2. The van der Waals surface area contributed by atoms with Gasteiger partial charge in [-0.25, -0.2) is 4.79 Å². The fourth-order valence-corrected chi connectivity index (χ4v) is 12.3. The number of aliphatic carboxylic acids is 1. The highest BCUT2D eigenvalue weighted by Gasteiger charge is 2.69. The molecule has 8 atom stereocenters. The van der Waals surface area contributed by atoms with Gasteiger partial charge in [-0.15, -0.1) is 0 Å². The van der Waals surface area contributed by atoms with Crippen molar-refractivity contribution < 1.29 is 19.4 Å². The molecule has 1 aromatic rings. The number of rotatable bonds is 3. The van der Waals surface area contributed by atoms with E-state index < -0.39 is 11.4 Å². The summed E-state index contributed by atoms with van der Waals surface area (Å²) in [4.78, 5) is 26.5. The lowest BCUT2D eigenvalue weighted by Crippen LogP contribution is -2.64.